The molecule has 3 aromatic rings. The Bertz CT molecular complexity index is 954. The van der Waals surface area contributed by atoms with E-state index in [0.29, 0.717) is 5.56 Å². The average Bonchev–Trinajstić information content (AvgIpc) is 2.83. The molecule has 0 heterocycles. The van der Waals surface area contributed by atoms with Crippen LogP contribution in [0, 0.1) is 11.3 Å². The average molecular weight is 412 g/mol. The Kier molecular flexibility index (Phi) is 9.35. The van der Waals surface area contributed by atoms with Gasteiger partial charge >= 0.3 is 0 Å². The quantitative estimate of drug-likeness (QED) is 0.285. The van der Waals surface area contributed by atoms with Gasteiger partial charge in [0.05, 0.1) is 18.2 Å². The highest BCUT2D eigenvalue weighted by Gasteiger charge is 2.09. The van der Waals surface area contributed by atoms with Crippen LogP contribution in [0.5, 0.6) is 0 Å². The molecule has 3 rings (SSSR count). The van der Waals surface area contributed by atoms with E-state index in [9.17, 15) is 5.26 Å². The van der Waals surface area contributed by atoms with Crippen molar-refractivity contribution in [1.29, 1.82) is 5.26 Å². The third kappa shape index (κ3) is 7.09. The highest BCUT2D eigenvalue weighted by Crippen LogP contribution is 2.33. The van der Waals surface area contributed by atoms with Crippen LogP contribution in [-0.4, -0.2) is 13.2 Å². The topological polar surface area (TPSA) is 33.0 Å². The summed E-state index contributed by atoms with van der Waals surface area (Å²) in [7, 11) is 0. The molecular formula is C29H33NO. The Balaban J connectivity index is 1.57. The summed E-state index contributed by atoms with van der Waals surface area (Å²) in [4.78, 5) is 0. The Morgan fingerprint density at radius 1 is 0.710 bits per heavy atom. The van der Waals surface area contributed by atoms with Crippen LogP contribution < -0.4 is 0 Å². The number of unbranched alkanes of at least 4 members (excludes halogenated alkanes) is 5. The van der Waals surface area contributed by atoms with Crippen LogP contribution in [-0.2, 0) is 11.2 Å². The third-order valence-electron chi connectivity index (χ3n) is 5.68. The molecule has 0 aliphatic heterocycles. The minimum Gasteiger partial charge on any atom is -0.381 e. The fraction of sp³-hybridized carbons (Fsp3) is 0.345. The van der Waals surface area contributed by atoms with E-state index >= 15 is 0 Å². The first-order chi connectivity index (χ1) is 15.3. The van der Waals surface area contributed by atoms with E-state index in [0.717, 1.165) is 41.9 Å². The van der Waals surface area contributed by atoms with Gasteiger partial charge in [0, 0.05) is 6.61 Å². The second-order valence-corrected chi connectivity index (χ2v) is 8.07. The second-order valence-electron chi connectivity index (χ2n) is 8.07. The largest absolute Gasteiger partial charge is 0.381 e. The molecule has 2 nitrogen and oxygen atoms in total. The smallest absolute Gasteiger partial charge is 0.0991 e. The summed E-state index contributed by atoms with van der Waals surface area (Å²) in [6.45, 7) is 3.89. The van der Waals surface area contributed by atoms with Crippen molar-refractivity contribution < 1.29 is 4.74 Å². The molecule has 31 heavy (non-hydrogen) atoms. The summed E-state index contributed by atoms with van der Waals surface area (Å²) in [5.41, 5.74) is 6.50. The molecule has 0 spiro atoms. The van der Waals surface area contributed by atoms with Crippen molar-refractivity contribution in [2.45, 2.75) is 51.9 Å². The molecule has 0 radical (unpaired) electrons. The molecule has 0 amide bonds. The van der Waals surface area contributed by atoms with Crippen LogP contribution >= 0.6 is 0 Å². The Morgan fingerprint density at radius 2 is 1.42 bits per heavy atom. The van der Waals surface area contributed by atoms with Gasteiger partial charge in [-0.05, 0) is 52.8 Å². The van der Waals surface area contributed by atoms with Gasteiger partial charge in [-0.3, -0.25) is 0 Å². The second kappa shape index (κ2) is 12.7. The minimum atomic E-state index is 0.682. The van der Waals surface area contributed by atoms with E-state index in [2.05, 4.69) is 49.4 Å². The molecule has 3 aromatic carbocycles. The summed E-state index contributed by atoms with van der Waals surface area (Å²) >= 11 is 0. The van der Waals surface area contributed by atoms with Gasteiger partial charge in [-0.1, -0.05) is 99.7 Å². The third-order valence-corrected chi connectivity index (χ3v) is 5.68. The van der Waals surface area contributed by atoms with E-state index in [4.69, 9.17) is 4.74 Å². The molecular weight excluding hydrogens is 378 g/mol. The molecule has 0 fully saturated rings. The number of nitrogens with zero attached hydrogens (tertiary/aromatic N) is 1. The van der Waals surface area contributed by atoms with Gasteiger partial charge < -0.3 is 4.74 Å². The van der Waals surface area contributed by atoms with Crippen molar-refractivity contribution in [3.8, 4) is 28.3 Å². The number of hydrogen-bond acceptors (Lipinski definition) is 2. The lowest BCUT2D eigenvalue weighted by molar-refractivity contribution is 0.133. The van der Waals surface area contributed by atoms with Crippen LogP contribution in [0.3, 0.4) is 0 Å². The molecule has 2 heteroatoms. The molecule has 0 aromatic heterocycles. The van der Waals surface area contributed by atoms with Gasteiger partial charge in [0.25, 0.3) is 0 Å². The molecule has 160 valence electrons. The Labute approximate surface area is 187 Å². The van der Waals surface area contributed by atoms with E-state index in [1.165, 1.54) is 44.1 Å². The van der Waals surface area contributed by atoms with Crippen molar-refractivity contribution in [2.24, 2.45) is 0 Å². The summed E-state index contributed by atoms with van der Waals surface area (Å²) < 4.78 is 5.83. The molecule has 0 unspecified atom stereocenters. The molecule has 0 saturated carbocycles. The number of nitriles is 1. The van der Waals surface area contributed by atoms with Gasteiger partial charge in [0.1, 0.15) is 0 Å². The zero-order valence-corrected chi connectivity index (χ0v) is 18.6. The lowest BCUT2D eigenvalue weighted by atomic mass is 9.92. The number of benzene rings is 3. The zero-order valence-electron chi connectivity index (χ0n) is 18.6. The fourth-order valence-corrected chi connectivity index (χ4v) is 3.85. The maximum Gasteiger partial charge on any atom is 0.0991 e. The van der Waals surface area contributed by atoms with Crippen LogP contribution in [0.2, 0.25) is 0 Å². The number of ether oxygens (including phenoxy) is 1. The number of hydrogen-bond donors (Lipinski definition) is 0. The van der Waals surface area contributed by atoms with Gasteiger partial charge in [-0.25, -0.2) is 0 Å². The monoisotopic (exact) mass is 411 g/mol. The first kappa shape index (κ1) is 22.8. The SMILES string of the molecule is CCCCCCCCOCCc1ccc(-c2cc(C#N)ccc2-c2ccccc2)cc1. The van der Waals surface area contributed by atoms with Crippen LogP contribution in [0.4, 0.5) is 0 Å². The summed E-state index contributed by atoms with van der Waals surface area (Å²) in [5.74, 6) is 0. The first-order valence-corrected chi connectivity index (χ1v) is 11.6. The van der Waals surface area contributed by atoms with Crippen molar-refractivity contribution >= 4 is 0 Å². The maximum atomic E-state index is 9.36. The van der Waals surface area contributed by atoms with Gasteiger partial charge in [-0.15, -0.1) is 0 Å². The molecule has 0 saturated heterocycles. The van der Waals surface area contributed by atoms with E-state index in [-0.39, 0.29) is 0 Å². The van der Waals surface area contributed by atoms with E-state index in [1.54, 1.807) is 0 Å². The molecule has 0 atom stereocenters. The predicted molar refractivity (Wildman–Crippen MR) is 130 cm³/mol. The zero-order chi connectivity index (χ0) is 21.7. The van der Waals surface area contributed by atoms with E-state index < -0.39 is 0 Å². The summed E-state index contributed by atoms with van der Waals surface area (Å²) in [5, 5.41) is 9.36. The fourth-order valence-electron chi connectivity index (χ4n) is 3.85. The molecule has 0 aliphatic carbocycles. The predicted octanol–water partition coefficient (Wildman–Crippen LogP) is 7.81. The molecule has 0 aliphatic rings. The van der Waals surface area contributed by atoms with Crippen LogP contribution in [0.25, 0.3) is 22.3 Å². The molecule has 0 bridgehead atoms. The lowest BCUT2D eigenvalue weighted by Crippen LogP contribution is -2.00. The highest BCUT2D eigenvalue weighted by atomic mass is 16.5. The first-order valence-electron chi connectivity index (χ1n) is 11.6. The minimum absolute atomic E-state index is 0.682. The van der Waals surface area contributed by atoms with Crippen molar-refractivity contribution in [2.75, 3.05) is 13.2 Å². The summed E-state index contributed by atoms with van der Waals surface area (Å²) in [6, 6.07) is 27.2. The Morgan fingerprint density at radius 3 is 2.16 bits per heavy atom. The maximum absolute atomic E-state index is 9.36. The van der Waals surface area contributed by atoms with Crippen LogP contribution in [0.15, 0.2) is 72.8 Å². The Hall–Kier alpha value is -2.89. The molecule has 0 N–H and O–H groups in total. The normalized spacial score (nSPS) is 10.7. The van der Waals surface area contributed by atoms with Crippen molar-refractivity contribution in [3.63, 3.8) is 0 Å². The van der Waals surface area contributed by atoms with E-state index in [1.807, 2.05) is 36.4 Å². The van der Waals surface area contributed by atoms with Crippen molar-refractivity contribution in [1.82, 2.24) is 0 Å². The van der Waals surface area contributed by atoms with Gasteiger partial charge in [0.15, 0.2) is 0 Å². The van der Waals surface area contributed by atoms with Crippen LogP contribution in [0.1, 0.15) is 56.6 Å². The summed E-state index contributed by atoms with van der Waals surface area (Å²) in [6.07, 6.45) is 8.71. The number of rotatable bonds is 12. The lowest BCUT2D eigenvalue weighted by Gasteiger charge is -2.12. The van der Waals surface area contributed by atoms with Crippen molar-refractivity contribution in [3.05, 3.63) is 83.9 Å². The highest BCUT2D eigenvalue weighted by molar-refractivity contribution is 5.84. The van der Waals surface area contributed by atoms with Gasteiger partial charge in [0.2, 0.25) is 0 Å². The van der Waals surface area contributed by atoms with Gasteiger partial charge in [-0.2, -0.15) is 5.26 Å². The standard InChI is InChI=1S/C29H33NO/c1-2-3-4-5-6-10-20-31-21-19-24-13-16-27(17-14-24)29-22-25(23-30)15-18-28(29)26-11-8-7-9-12-26/h7-9,11-18,22H,2-6,10,19-21H2,1H3.